The number of aliphatic imine (C=N–C) groups is 1. The summed E-state index contributed by atoms with van der Waals surface area (Å²) in [5.41, 5.74) is 2.56. The number of guanidine groups is 1. The average molecular weight is 514 g/mol. The summed E-state index contributed by atoms with van der Waals surface area (Å²) in [6, 6.07) is 13.7. The van der Waals surface area contributed by atoms with Gasteiger partial charge in [0.25, 0.3) is 5.91 Å². The molecule has 1 unspecified atom stereocenters. The van der Waals surface area contributed by atoms with Crippen LogP contribution in [0.2, 0.25) is 0 Å². The number of carbonyl (C=O) groups excluding carboxylic acids is 1. The van der Waals surface area contributed by atoms with Crippen LogP contribution in [0.1, 0.15) is 27.6 Å². The SMILES string of the molecule is CN=C(NCc1ccc(C(=O)N(C)C)cc1)NCC(OC)c1ccc(F)cc1.I. The molecule has 158 valence electrons. The van der Waals surface area contributed by atoms with Gasteiger partial charge in [0.15, 0.2) is 5.96 Å². The van der Waals surface area contributed by atoms with Gasteiger partial charge in [-0.1, -0.05) is 24.3 Å². The summed E-state index contributed by atoms with van der Waals surface area (Å²) in [5.74, 6) is 0.323. The molecule has 0 aliphatic carbocycles. The molecular formula is C21H28FIN4O2. The van der Waals surface area contributed by atoms with Crippen LogP contribution in [0.4, 0.5) is 4.39 Å². The Morgan fingerprint density at radius 2 is 1.72 bits per heavy atom. The van der Waals surface area contributed by atoms with E-state index in [2.05, 4.69) is 15.6 Å². The summed E-state index contributed by atoms with van der Waals surface area (Å²) in [6.07, 6.45) is -0.226. The second kappa shape index (κ2) is 12.4. The number of benzene rings is 2. The topological polar surface area (TPSA) is 66.0 Å². The summed E-state index contributed by atoms with van der Waals surface area (Å²) < 4.78 is 18.6. The third kappa shape index (κ3) is 7.62. The number of amides is 1. The lowest BCUT2D eigenvalue weighted by atomic mass is 10.1. The van der Waals surface area contributed by atoms with Crippen LogP contribution in [0.15, 0.2) is 53.5 Å². The second-order valence-corrected chi connectivity index (χ2v) is 6.48. The lowest BCUT2D eigenvalue weighted by Gasteiger charge is -2.19. The summed E-state index contributed by atoms with van der Waals surface area (Å²) >= 11 is 0. The van der Waals surface area contributed by atoms with E-state index in [-0.39, 0.29) is 41.8 Å². The molecule has 1 atom stereocenters. The van der Waals surface area contributed by atoms with E-state index in [9.17, 15) is 9.18 Å². The van der Waals surface area contributed by atoms with E-state index < -0.39 is 0 Å². The molecule has 0 aliphatic rings. The van der Waals surface area contributed by atoms with Crippen LogP contribution in [0.3, 0.4) is 0 Å². The molecule has 0 saturated carbocycles. The minimum atomic E-state index is -0.276. The Bertz CT molecular complexity index is 795. The smallest absolute Gasteiger partial charge is 0.253 e. The van der Waals surface area contributed by atoms with Crippen molar-refractivity contribution in [1.82, 2.24) is 15.5 Å². The molecule has 0 aromatic heterocycles. The molecular weight excluding hydrogens is 486 g/mol. The molecule has 0 saturated heterocycles. The van der Waals surface area contributed by atoms with E-state index in [4.69, 9.17) is 4.74 Å². The molecule has 0 heterocycles. The van der Waals surface area contributed by atoms with E-state index in [1.165, 1.54) is 12.1 Å². The van der Waals surface area contributed by atoms with E-state index in [0.717, 1.165) is 11.1 Å². The monoisotopic (exact) mass is 514 g/mol. The molecule has 0 bridgehead atoms. The fourth-order valence-corrected chi connectivity index (χ4v) is 2.63. The second-order valence-electron chi connectivity index (χ2n) is 6.48. The first-order chi connectivity index (χ1) is 13.4. The van der Waals surface area contributed by atoms with E-state index in [0.29, 0.717) is 24.6 Å². The van der Waals surface area contributed by atoms with Crippen molar-refractivity contribution in [3.8, 4) is 0 Å². The molecule has 0 radical (unpaired) electrons. The van der Waals surface area contributed by atoms with Gasteiger partial charge >= 0.3 is 0 Å². The predicted octanol–water partition coefficient (Wildman–Crippen LogP) is 3.20. The quantitative estimate of drug-likeness (QED) is 0.339. The standard InChI is InChI=1S/C21H27FN4O2.HI/c1-23-21(25-14-19(28-4)16-9-11-18(22)12-10-16)24-13-15-5-7-17(8-6-15)20(27)26(2)3;/h5-12,19H,13-14H2,1-4H3,(H2,23,24,25);1H. The average Bonchev–Trinajstić information content (AvgIpc) is 2.71. The van der Waals surface area contributed by atoms with E-state index >= 15 is 0 Å². The number of hydrogen-bond acceptors (Lipinski definition) is 3. The molecule has 2 N–H and O–H groups in total. The Morgan fingerprint density at radius 3 is 2.24 bits per heavy atom. The lowest BCUT2D eigenvalue weighted by molar-refractivity contribution is 0.0827. The number of nitrogens with zero attached hydrogens (tertiary/aromatic N) is 2. The van der Waals surface area contributed by atoms with Crippen molar-refractivity contribution in [3.05, 3.63) is 71.0 Å². The molecule has 8 heteroatoms. The third-order valence-electron chi connectivity index (χ3n) is 4.27. The van der Waals surface area contributed by atoms with Crippen LogP contribution in [0.25, 0.3) is 0 Å². The number of rotatable bonds is 7. The van der Waals surface area contributed by atoms with E-state index in [1.807, 2.05) is 24.3 Å². The maximum atomic E-state index is 13.1. The number of hydrogen-bond donors (Lipinski definition) is 2. The number of halogens is 2. The minimum Gasteiger partial charge on any atom is -0.375 e. The first kappa shape index (κ1) is 24.8. The van der Waals surface area contributed by atoms with Gasteiger partial charge in [0.2, 0.25) is 0 Å². The highest BCUT2D eigenvalue weighted by Gasteiger charge is 2.12. The van der Waals surface area contributed by atoms with Crippen LogP contribution in [0, 0.1) is 5.82 Å². The molecule has 0 fully saturated rings. The molecule has 6 nitrogen and oxygen atoms in total. The molecule has 2 aromatic carbocycles. The van der Waals surface area contributed by atoms with Gasteiger partial charge in [0, 0.05) is 46.9 Å². The lowest BCUT2D eigenvalue weighted by Crippen LogP contribution is -2.39. The molecule has 2 rings (SSSR count). The largest absolute Gasteiger partial charge is 0.375 e. The fraction of sp³-hybridized carbons (Fsp3) is 0.333. The van der Waals surface area contributed by atoms with Gasteiger partial charge in [0.1, 0.15) is 5.82 Å². The Balaban J connectivity index is 0.00000420. The Morgan fingerprint density at radius 1 is 1.10 bits per heavy atom. The van der Waals surface area contributed by atoms with Crippen LogP contribution in [-0.2, 0) is 11.3 Å². The maximum Gasteiger partial charge on any atom is 0.253 e. The first-order valence-electron chi connectivity index (χ1n) is 8.98. The molecule has 1 amide bonds. The number of nitrogens with one attached hydrogen (secondary N) is 2. The van der Waals surface area contributed by atoms with Gasteiger partial charge < -0.3 is 20.3 Å². The van der Waals surface area contributed by atoms with Gasteiger partial charge in [-0.15, -0.1) is 24.0 Å². The van der Waals surface area contributed by atoms with Gasteiger partial charge in [-0.25, -0.2) is 4.39 Å². The highest BCUT2D eigenvalue weighted by Crippen LogP contribution is 2.16. The highest BCUT2D eigenvalue weighted by atomic mass is 127. The molecule has 29 heavy (non-hydrogen) atoms. The minimum absolute atomic E-state index is 0. The van der Waals surface area contributed by atoms with Crippen LogP contribution in [0.5, 0.6) is 0 Å². The third-order valence-corrected chi connectivity index (χ3v) is 4.27. The van der Waals surface area contributed by atoms with Crippen LogP contribution in [-0.4, -0.2) is 51.6 Å². The predicted molar refractivity (Wildman–Crippen MR) is 124 cm³/mol. The van der Waals surface area contributed by atoms with Crippen molar-refractivity contribution in [1.29, 1.82) is 0 Å². The fourth-order valence-electron chi connectivity index (χ4n) is 2.63. The number of ether oxygens (including phenoxy) is 1. The summed E-state index contributed by atoms with van der Waals surface area (Å²) in [6.45, 7) is 1.04. The Hall–Kier alpha value is -2.20. The van der Waals surface area contributed by atoms with Gasteiger partial charge in [-0.2, -0.15) is 0 Å². The van der Waals surface area contributed by atoms with E-state index in [1.54, 1.807) is 45.3 Å². The number of carbonyl (C=O) groups is 1. The number of methoxy groups -OCH3 is 1. The molecule has 2 aromatic rings. The van der Waals surface area contributed by atoms with Crippen molar-refractivity contribution < 1.29 is 13.9 Å². The molecule has 0 aliphatic heterocycles. The van der Waals surface area contributed by atoms with Crippen molar-refractivity contribution in [2.45, 2.75) is 12.6 Å². The zero-order valence-corrected chi connectivity index (χ0v) is 19.4. The zero-order valence-electron chi connectivity index (χ0n) is 17.1. The normalized spacial score (nSPS) is 12.0. The first-order valence-corrected chi connectivity index (χ1v) is 8.98. The highest BCUT2D eigenvalue weighted by molar-refractivity contribution is 14.0. The summed E-state index contributed by atoms with van der Waals surface area (Å²) in [4.78, 5) is 17.7. The van der Waals surface area contributed by atoms with Crippen molar-refractivity contribution in [2.75, 3.05) is 34.8 Å². The van der Waals surface area contributed by atoms with Crippen LogP contribution >= 0.6 is 24.0 Å². The zero-order chi connectivity index (χ0) is 20.5. The maximum absolute atomic E-state index is 13.1. The molecule has 0 spiro atoms. The van der Waals surface area contributed by atoms with Gasteiger partial charge in [-0.3, -0.25) is 9.79 Å². The van der Waals surface area contributed by atoms with Crippen molar-refractivity contribution >= 4 is 35.8 Å². The Kier molecular flexibility index (Phi) is 10.6. The van der Waals surface area contributed by atoms with Crippen LogP contribution < -0.4 is 10.6 Å². The summed E-state index contributed by atoms with van der Waals surface area (Å²) in [5, 5.41) is 6.43. The van der Waals surface area contributed by atoms with Crippen molar-refractivity contribution in [2.24, 2.45) is 4.99 Å². The van der Waals surface area contributed by atoms with Gasteiger partial charge in [0.05, 0.1) is 6.10 Å². The summed E-state index contributed by atoms with van der Waals surface area (Å²) in [7, 11) is 6.76. The Labute approximate surface area is 188 Å². The van der Waals surface area contributed by atoms with Gasteiger partial charge in [-0.05, 0) is 35.4 Å². The van der Waals surface area contributed by atoms with Crippen molar-refractivity contribution in [3.63, 3.8) is 0 Å².